The highest BCUT2D eigenvalue weighted by Gasteiger charge is 2.08. The Morgan fingerprint density at radius 1 is 1.46 bits per heavy atom. The molecule has 0 spiro atoms. The van der Waals surface area contributed by atoms with Gasteiger partial charge in [0.2, 0.25) is 5.95 Å². The molecule has 0 aliphatic heterocycles. The predicted molar refractivity (Wildman–Crippen MR) is 89.7 cm³/mol. The number of nitrogens with two attached hydrogens (primary N) is 1. The molecule has 0 atom stereocenters. The Morgan fingerprint density at radius 3 is 3.17 bits per heavy atom. The molecule has 0 fully saturated rings. The number of benzene rings is 1. The number of ether oxygens (including phenoxy) is 2. The lowest BCUT2D eigenvalue weighted by molar-refractivity contribution is 0.113. The van der Waals surface area contributed by atoms with Crippen molar-refractivity contribution in [2.24, 2.45) is 4.99 Å². The van der Waals surface area contributed by atoms with E-state index >= 15 is 0 Å². The molecule has 0 bridgehead atoms. The van der Waals surface area contributed by atoms with E-state index in [4.69, 9.17) is 15.2 Å². The summed E-state index contributed by atoms with van der Waals surface area (Å²) >= 11 is 0. The number of anilines is 1. The number of methoxy groups -OCH3 is 1. The van der Waals surface area contributed by atoms with Crippen LogP contribution in [0.1, 0.15) is 0 Å². The zero-order valence-electron chi connectivity index (χ0n) is 13.0. The molecule has 24 heavy (non-hydrogen) atoms. The van der Waals surface area contributed by atoms with Gasteiger partial charge in [-0.25, -0.2) is 4.98 Å². The SMILES string of the molecule is COc1cccc(N=CCOCn2cnc3c(=O)[nH]c(N)nc32)c1. The Morgan fingerprint density at radius 2 is 2.33 bits per heavy atom. The maximum absolute atomic E-state index is 11.7. The first kappa shape index (κ1) is 15.7. The molecular weight excluding hydrogens is 312 g/mol. The summed E-state index contributed by atoms with van der Waals surface area (Å²) in [6, 6.07) is 7.39. The first-order valence-electron chi connectivity index (χ1n) is 7.12. The Labute approximate surface area is 136 Å². The second-order valence-corrected chi connectivity index (χ2v) is 4.85. The molecule has 0 radical (unpaired) electrons. The van der Waals surface area contributed by atoms with Crippen LogP contribution in [0.3, 0.4) is 0 Å². The van der Waals surface area contributed by atoms with Gasteiger partial charge in [0.25, 0.3) is 5.56 Å². The summed E-state index contributed by atoms with van der Waals surface area (Å²) in [7, 11) is 1.60. The van der Waals surface area contributed by atoms with Gasteiger partial charge in [-0.15, -0.1) is 0 Å². The van der Waals surface area contributed by atoms with Gasteiger partial charge in [-0.05, 0) is 12.1 Å². The molecule has 2 heterocycles. The Bertz CT molecular complexity index is 930. The molecule has 0 aliphatic rings. The zero-order valence-corrected chi connectivity index (χ0v) is 13.0. The molecule has 9 heteroatoms. The third-order valence-electron chi connectivity index (χ3n) is 3.21. The lowest BCUT2D eigenvalue weighted by atomic mass is 10.3. The van der Waals surface area contributed by atoms with E-state index in [2.05, 4.69) is 19.9 Å². The van der Waals surface area contributed by atoms with Crippen molar-refractivity contribution in [3.05, 3.63) is 40.9 Å². The number of aromatic nitrogens is 4. The Balaban J connectivity index is 1.61. The second kappa shape index (κ2) is 6.92. The Hall–Kier alpha value is -3.20. The van der Waals surface area contributed by atoms with Crippen molar-refractivity contribution in [2.45, 2.75) is 6.73 Å². The van der Waals surface area contributed by atoms with E-state index in [0.29, 0.717) is 5.65 Å². The highest BCUT2D eigenvalue weighted by atomic mass is 16.5. The molecular formula is C15H16N6O3. The van der Waals surface area contributed by atoms with Crippen molar-refractivity contribution in [3.8, 4) is 5.75 Å². The lowest BCUT2D eigenvalue weighted by Gasteiger charge is -2.03. The minimum Gasteiger partial charge on any atom is -0.497 e. The molecule has 0 aliphatic carbocycles. The summed E-state index contributed by atoms with van der Waals surface area (Å²) in [6.07, 6.45) is 3.12. The average Bonchev–Trinajstić information content (AvgIpc) is 2.98. The number of aromatic amines is 1. The Kier molecular flexibility index (Phi) is 4.52. The second-order valence-electron chi connectivity index (χ2n) is 4.85. The fraction of sp³-hybridized carbons (Fsp3) is 0.200. The van der Waals surface area contributed by atoms with Crippen LogP contribution in [0, 0.1) is 0 Å². The summed E-state index contributed by atoms with van der Waals surface area (Å²) in [5.74, 6) is 0.776. The average molecular weight is 328 g/mol. The molecule has 3 rings (SSSR count). The number of hydrogen-bond donors (Lipinski definition) is 2. The summed E-state index contributed by atoms with van der Waals surface area (Å²) < 4.78 is 12.2. The number of aliphatic imine (C=N–C) groups is 1. The van der Waals surface area contributed by atoms with Crippen LogP contribution in [0.2, 0.25) is 0 Å². The minimum atomic E-state index is -0.379. The van der Waals surface area contributed by atoms with E-state index in [9.17, 15) is 4.79 Å². The molecule has 0 unspecified atom stereocenters. The number of fused-ring (bicyclic) bond motifs is 1. The molecule has 2 aromatic heterocycles. The zero-order chi connectivity index (χ0) is 16.9. The number of rotatable bonds is 6. The molecule has 3 N–H and O–H groups in total. The number of nitrogens with one attached hydrogen (secondary N) is 1. The highest BCUT2D eigenvalue weighted by molar-refractivity contribution is 5.70. The van der Waals surface area contributed by atoms with Crippen molar-refractivity contribution >= 4 is 29.0 Å². The van der Waals surface area contributed by atoms with Gasteiger partial charge < -0.3 is 15.2 Å². The van der Waals surface area contributed by atoms with Gasteiger partial charge in [-0.1, -0.05) is 6.07 Å². The van der Waals surface area contributed by atoms with Gasteiger partial charge in [0.15, 0.2) is 11.2 Å². The van der Waals surface area contributed by atoms with Crippen LogP contribution < -0.4 is 16.0 Å². The van der Waals surface area contributed by atoms with E-state index in [1.54, 1.807) is 17.9 Å². The number of hydrogen-bond acceptors (Lipinski definition) is 7. The number of nitrogen functional groups attached to an aromatic ring is 1. The molecule has 124 valence electrons. The van der Waals surface area contributed by atoms with Gasteiger partial charge in [-0.2, -0.15) is 4.98 Å². The van der Waals surface area contributed by atoms with Crippen LogP contribution >= 0.6 is 0 Å². The van der Waals surface area contributed by atoms with Gasteiger partial charge in [0.05, 0.1) is 25.7 Å². The topological polar surface area (TPSA) is 120 Å². The van der Waals surface area contributed by atoms with Gasteiger partial charge in [0, 0.05) is 12.3 Å². The fourth-order valence-electron chi connectivity index (χ4n) is 2.10. The first-order valence-corrected chi connectivity index (χ1v) is 7.12. The number of H-pyrrole nitrogens is 1. The predicted octanol–water partition coefficient (Wildman–Crippen LogP) is 1.09. The monoisotopic (exact) mass is 328 g/mol. The maximum Gasteiger partial charge on any atom is 0.280 e. The number of nitrogens with zero attached hydrogens (tertiary/aromatic N) is 4. The van der Waals surface area contributed by atoms with Crippen LogP contribution in [0.5, 0.6) is 5.75 Å². The maximum atomic E-state index is 11.7. The van der Waals surface area contributed by atoms with E-state index < -0.39 is 0 Å². The molecule has 1 aromatic carbocycles. The van der Waals surface area contributed by atoms with Crippen molar-refractivity contribution in [1.29, 1.82) is 0 Å². The molecule has 0 amide bonds. The van der Waals surface area contributed by atoms with Crippen LogP contribution in [-0.4, -0.2) is 39.5 Å². The third-order valence-corrected chi connectivity index (χ3v) is 3.21. The van der Waals surface area contributed by atoms with Crippen molar-refractivity contribution in [3.63, 3.8) is 0 Å². The normalized spacial score (nSPS) is 11.4. The van der Waals surface area contributed by atoms with Gasteiger partial charge >= 0.3 is 0 Å². The quantitative estimate of drug-likeness (QED) is 0.516. The van der Waals surface area contributed by atoms with Crippen LogP contribution in [0.25, 0.3) is 11.2 Å². The summed E-state index contributed by atoms with van der Waals surface area (Å²) in [5.41, 5.74) is 6.52. The largest absolute Gasteiger partial charge is 0.497 e. The summed E-state index contributed by atoms with van der Waals surface area (Å²) in [5, 5.41) is 0. The molecule has 3 aromatic rings. The lowest BCUT2D eigenvalue weighted by Crippen LogP contribution is -2.12. The van der Waals surface area contributed by atoms with Crippen LogP contribution in [-0.2, 0) is 11.5 Å². The van der Waals surface area contributed by atoms with E-state index in [-0.39, 0.29) is 30.4 Å². The number of imidazole rings is 1. The van der Waals surface area contributed by atoms with E-state index in [0.717, 1.165) is 11.4 Å². The van der Waals surface area contributed by atoms with Gasteiger partial charge in [-0.3, -0.25) is 19.3 Å². The van der Waals surface area contributed by atoms with E-state index in [1.165, 1.54) is 6.33 Å². The van der Waals surface area contributed by atoms with E-state index in [1.807, 2.05) is 24.3 Å². The van der Waals surface area contributed by atoms with Gasteiger partial charge in [0.1, 0.15) is 12.5 Å². The standard InChI is InChI=1S/C15H16N6O3/c1-23-11-4-2-3-10(7-11)17-5-6-24-9-21-8-18-12-13(21)19-15(16)20-14(12)22/h2-5,7-8H,6,9H2,1H3,(H3,16,19,20,22). The fourth-order valence-corrected chi connectivity index (χ4v) is 2.10. The summed E-state index contributed by atoms with van der Waals surface area (Å²) in [4.78, 5) is 26.4. The molecule has 9 nitrogen and oxygen atoms in total. The highest BCUT2D eigenvalue weighted by Crippen LogP contribution is 2.18. The third kappa shape index (κ3) is 3.41. The molecule has 0 saturated heterocycles. The van der Waals surface area contributed by atoms with Crippen molar-refractivity contribution in [1.82, 2.24) is 19.5 Å². The minimum absolute atomic E-state index is 0.0360. The molecule has 0 saturated carbocycles. The van der Waals surface area contributed by atoms with Crippen molar-refractivity contribution < 1.29 is 9.47 Å². The van der Waals surface area contributed by atoms with Crippen LogP contribution in [0.4, 0.5) is 11.6 Å². The van der Waals surface area contributed by atoms with Crippen LogP contribution in [0.15, 0.2) is 40.4 Å². The smallest absolute Gasteiger partial charge is 0.280 e. The summed E-state index contributed by atoms with van der Waals surface area (Å²) in [6.45, 7) is 0.464. The van der Waals surface area contributed by atoms with Crippen molar-refractivity contribution in [2.75, 3.05) is 19.5 Å². The first-order chi connectivity index (χ1) is 11.7.